The molecule has 0 aromatic carbocycles. The van der Waals surface area contributed by atoms with Crippen molar-refractivity contribution in [2.75, 3.05) is 19.8 Å². The number of hydrogen-bond donors (Lipinski definition) is 2. The maximum absolute atomic E-state index is 10.7. The van der Waals surface area contributed by atoms with Crippen LogP contribution in [-0.4, -0.2) is 42.8 Å². The van der Waals surface area contributed by atoms with Crippen molar-refractivity contribution in [1.82, 2.24) is 5.32 Å². The molecule has 1 rings (SSSR count). The van der Waals surface area contributed by atoms with Gasteiger partial charge in [-0.1, -0.05) is 27.8 Å². The summed E-state index contributed by atoms with van der Waals surface area (Å²) in [7, 11) is 2.68. The van der Waals surface area contributed by atoms with Gasteiger partial charge in [-0.05, 0) is 26.1 Å². The summed E-state index contributed by atoms with van der Waals surface area (Å²) in [5, 5.41) is 11.6. The van der Waals surface area contributed by atoms with E-state index >= 15 is 0 Å². The van der Waals surface area contributed by atoms with E-state index in [2.05, 4.69) is 5.32 Å². The lowest BCUT2D eigenvalue weighted by Crippen LogP contribution is -2.33. The highest BCUT2D eigenvalue weighted by Crippen LogP contribution is 2.30. The third-order valence-electron chi connectivity index (χ3n) is 2.90. The van der Waals surface area contributed by atoms with Gasteiger partial charge in [0.2, 0.25) is 0 Å². The normalized spacial score (nSPS) is 23.7. The van der Waals surface area contributed by atoms with E-state index in [4.69, 9.17) is 9.84 Å². The minimum Gasteiger partial charge on any atom is -0.480 e. The van der Waals surface area contributed by atoms with Crippen molar-refractivity contribution in [2.45, 2.75) is 44.0 Å². The molecule has 94 valence electrons. The van der Waals surface area contributed by atoms with Crippen LogP contribution in [0.3, 0.4) is 0 Å². The van der Waals surface area contributed by atoms with Gasteiger partial charge in [0.25, 0.3) is 0 Å². The van der Waals surface area contributed by atoms with Crippen LogP contribution in [0.5, 0.6) is 0 Å². The van der Waals surface area contributed by atoms with Crippen molar-refractivity contribution in [3.05, 3.63) is 0 Å². The molecule has 3 atom stereocenters. The molecular formula is C11H22NO3P. The Bertz CT molecular complexity index is 207. The molecule has 0 bridgehead atoms. The third-order valence-corrected chi connectivity index (χ3v) is 4.30. The Labute approximate surface area is 98.9 Å². The van der Waals surface area contributed by atoms with Crippen LogP contribution in [0.1, 0.15) is 32.1 Å². The van der Waals surface area contributed by atoms with Crippen LogP contribution in [0, 0.1) is 0 Å². The molecule has 5 heteroatoms. The molecule has 0 radical (unpaired) electrons. The number of rotatable bonds is 8. The molecule has 16 heavy (non-hydrogen) atoms. The van der Waals surface area contributed by atoms with Gasteiger partial charge >= 0.3 is 5.97 Å². The van der Waals surface area contributed by atoms with E-state index in [9.17, 15) is 4.79 Å². The zero-order valence-corrected chi connectivity index (χ0v) is 10.9. The van der Waals surface area contributed by atoms with E-state index in [-0.39, 0.29) is 6.04 Å². The number of likely N-dealkylation sites (N-methyl/N-ethyl adjacent to an activating group) is 1. The Kier molecular flexibility index (Phi) is 6.93. The minimum absolute atomic E-state index is 0.385. The van der Waals surface area contributed by atoms with Gasteiger partial charge in [-0.2, -0.15) is 0 Å². The van der Waals surface area contributed by atoms with Gasteiger partial charge in [0.1, 0.15) is 6.04 Å². The predicted octanol–water partition coefficient (Wildman–Crippen LogP) is 1.64. The first-order valence-electron chi connectivity index (χ1n) is 5.99. The maximum atomic E-state index is 10.7. The predicted molar refractivity (Wildman–Crippen MR) is 66.5 cm³/mol. The first-order chi connectivity index (χ1) is 7.74. The topological polar surface area (TPSA) is 58.6 Å². The molecule has 1 saturated heterocycles. The fraction of sp³-hybridized carbons (Fsp3) is 0.909. The average molecular weight is 247 g/mol. The lowest BCUT2D eigenvalue weighted by Gasteiger charge is -2.11. The molecule has 3 unspecified atom stereocenters. The average Bonchev–Trinajstić information content (AvgIpc) is 2.75. The molecule has 2 N–H and O–H groups in total. The van der Waals surface area contributed by atoms with Crippen molar-refractivity contribution in [1.29, 1.82) is 0 Å². The van der Waals surface area contributed by atoms with Crippen LogP contribution < -0.4 is 5.32 Å². The summed E-state index contributed by atoms with van der Waals surface area (Å²) in [5.74, 6) is -0.248. The van der Waals surface area contributed by atoms with Crippen LogP contribution in [0.4, 0.5) is 0 Å². The second-order valence-electron chi connectivity index (χ2n) is 4.13. The van der Waals surface area contributed by atoms with Crippen LogP contribution in [0.2, 0.25) is 0 Å². The van der Waals surface area contributed by atoms with Gasteiger partial charge in [0.05, 0.1) is 12.5 Å². The number of aliphatic carboxylic acids is 1. The van der Waals surface area contributed by atoms with Crippen molar-refractivity contribution >= 4 is 14.6 Å². The minimum atomic E-state index is -0.747. The summed E-state index contributed by atoms with van der Waals surface area (Å²) in [4.78, 5) is 10.7. The summed E-state index contributed by atoms with van der Waals surface area (Å²) in [5.41, 5.74) is 0. The maximum Gasteiger partial charge on any atom is 0.320 e. The molecule has 0 aromatic heterocycles. The number of ether oxygens (including phenoxy) is 1. The van der Waals surface area contributed by atoms with E-state index in [1.165, 1.54) is 6.16 Å². The number of carboxylic acid groups (broad SMARTS) is 1. The molecule has 1 fully saturated rings. The molecule has 1 aliphatic rings. The smallest absolute Gasteiger partial charge is 0.320 e. The van der Waals surface area contributed by atoms with E-state index in [0.717, 1.165) is 47.3 Å². The fourth-order valence-corrected chi connectivity index (χ4v) is 3.11. The molecule has 0 aliphatic carbocycles. The molecule has 0 aromatic rings. The Morgan fingerprint density at radius 3 is 2.94 bits per heavy atom. The summed E-state index contributed by atoms with van der Waals surface area (Å²) in [6.07, 6.45) is 6.35. The van der Waals surface area contributed by atoms with Crippen molar-refractivity contribution in [2.24, 2.45) is 0 Å². The monoisotopic (exact) mass is 247 g/mol. The first-order valence-corrected chi connectivity index (χ1v) is 7.27. The highest BCUT2D eigenvalue weighted by atomic mass is 31.1. The van der Waals surface area contributed by atoms with Gasteiger partial charge in [0.15, 0.2) is 0 Å². The molecule has 1 heterocycles. The van der Waals surface area contributed by atoms with Gasteiger partial charge in [-0.25, -0.2) is 0 Å². The zero-order chi connectivity index (χ0) is 11.8. The first kappa shape index (κ1) is 13.9. The summed E-state index contributed by atoms with van der Waals surface area (Å²) in [6.45, 7) is 0.934. The van der Waals surface area contributed by atoms with Crippen molar-refractivity contribution in [3.8, 4) is 0 Å². The lowest BCUT2D eigenvalue weighted by atomic mass is 10.1. The van der Waals surface area contributed by atoms with Crippen LogP contribution in [0.25, 0.3) is 0 Å². The lowest BCUT2D eigenvalue weighted by molar-refractivity contribution is -0.139. The van der Waals surface area contributed by atoms with Crippen LogP contribution in [0.15, 0.2) is 0 Å². The van der Waals surface area contributed by atoms with Gasteiger partial charge < -0.3 is 15.2 Å². The number of carbonyl (C=O) groups is 1. The van der Waals surface area contributed by atoms with E-state index in [0.29, 0.717) is 5.85 Å². The SMILES string of the molecule is CNC(CCCCCC1OCCP1)C(=O)O. The molecule has 0 spiro atoms. The summed E-state index contributed by atoms with van der Waals surface area (Å²) >= 11 is 0. The molecule has 4 nitrogen and oxygen atoms in total. The fourth-order valence-electron chi connectivity index (χ4n) is 1.91. The van der Waals surface area contributed by atoms with Gasteiger partial charge in [-0.15, -0.1) is 0 Å². The molecular weight excluding hydrogens is 225 g/mol. The standard InChI is InChI=1S/C11H22NO3P/c1-12-9(11(13)14)5-3-2-4-6-10-15-7-8-16-10/h9-10,12,16H,2-8H2,1H3,(H,13,14). The summed E-state index contributed by atoms with van der Waals surface area (Å²) in [6, 6.07) is -0.385. The van der Waals surface area contributed by atoms with E-state index < -0.39 is 5.97 Å². The zero-order valence-electron chi connectivity index (χ0n) is 9.87. The van der Waals surface area contributed by atoms with Crippen molar-refractivity contribution in [3.63, 3.8) is 0 Å². The Balaban J connectivity index is 1.96. The van der Waals surface area contributed by atoms with Crippen molar-refractivity contribution < 1.29 is 14.6 Å². The largest absolute Gasteiger partial charge is 0.480 e. The molecule has 0 amide bonds. The second kappa shape index (κ2) is 7.99. The number of hydrogen-bond acceptors (Lipinski definition) is 3. The van der Waals surface area contributed by atoms with Gasteiger partial charge in [0, 0.05) is 0 Å². The molecule has 0 saturated carbocycles. The van der Waals surface area contributed by atoms with Crippen LogP contribution in [-0.2, 0) is 9.53 Å². The third kappa shape index (κ3) is 5.24. The second-order valence-corrected chi connectivity index (χ2v) is 5.68. The Morgan fingerprint density at radius 1 is 1.56 bits per heavy atom. The Morgan fingerprint density at radius 2 is 2.38 bits per heavy atom. The van der Waals surface area contributed by atoms with Crippen LogP contribution >= 0.6 is 8.58 Å². The number of unbranched alkanes of at least 4 members (excludes halogenated alkanes) is 2. The number of nitrogens with one attached hydrogen (secondary N) is 1. The van der Waals surface area contributed by atoms with E-state index in [1.54, 1.807) is 7.05 Å². The van der Waals surface area contributed by atoms with Gasteiger partial charge in [-0.3, -0.25) is 4.79 Å². The quantitative estimate of drug-likeness (QED) is 0.506. The Hall–Kier alpha value is -0.180. The highest BCUT2D eigenvalue weighted by molar-refractivity contribution is 7.39. The molecule has 1 aliphatic heterocycles. The van der Waals surface area contributed by atoms with E-state index in [1.807, 2.05) is 0 Å². The number of carboxylic acids is 1. The highest BCUT2D eigenvalue weighted by Gasteiger charge is 2.15. The summed E-state index contributed by atoms with van der Waals surface area (Å²) < 4.78 is 5.55.